The van der Waals surface area contributed by atoms with Crippen molar-refractivity contribution in [3.8, 4) is 0 Å². The Labute approximate surface area is 104 Å². The highest BCUT2D eigenvalue weighted by molar-refractivity contribution is 6.29. The number of esters is 1. The zero-order valence-electron chi connectivity index (χ0n) is 8.93. The Morgan fingerprint density at radius 1 is 1.44 bits per heavy atom. The maximum Gasteiger partial charge on any atom is 0.416 e. The van der Waals surface area contributed by atoms with Gasteiger partial charge < -0.3 is 9.72 Å². The first-order valence-electron chi connectivity index (χ1n) is 4.67. The number of nitrogens with one attached hydrogen (secondary N) is 1. The Hall–Kier alpha value is -1.76. The molecular formula is C10H6ClF3N2O2. The van der Waals surface area contributed by atoms with Gasteiger partial charge in [-0.05, 0) is 23.7 Å². The number of fused-ring (bicyclic) bond motifs is 1. The van der Waals surface area contributed by atoms with Crippen LogP contribution in [0.25, 0.3) is 11.0 Å². The van der Waals surface area contributed by atoms with E-state index >= 15 is 0 Å². The number of methoxy groups -OCH3 is 1. The van der Waals surface area contributed by atoms with Crippen LogP contribution in [0.5, 0.6) is 0 Å². The highest BCUT2D eigenvalue weighted by Gasteiger charge is 2.33. The molecule has 1 N–H and O–H groups in total. The third-order valence-corrected chi connectivity index (χ3v) is 2.47. The number of alkyl halides is 3. The molecule has 0 fully saturated rings. The number of hydrogen-bond donors (Lipinski definition) is 1. The maximum atomic E-state index is 12.7. The summed E-state index contributed by atoms with van der Waals surface area (Å²) < 4.78 is 42.4. The van der Waals surface area contributed by atoms with E-state index in [4.69, 9.17) is 11.6 Å². The molecule has 1 aromatic heterocycles. The van der Waals surface area contributed by atoms with E-state index in [0.717, 1.165) is 13.2 Å². The number of rotatable bonds is 1. The van der Waals surface area contributed by atoms with E-state index in [9.17, 15) is 18.0 Å². The standard InChI is InChI=1S/C10H6ClF3N2O2/c1-18-8(17)5-2-4(10(12,13)14)3-6-7(5)16-9(11)15-6/h2-3H,1H3,(H,15,16). The number of carbonyl (C=O) groups is 1. The molecule has 0 saturated heterocycles. The lowest BCUT2D eigenvalue weighted by molar-refractivity contribution is -0.137. The molecule has 0 aliphatic heterocycles. The van der Waals surface area contributed by atoms with Gasteiger partial charge in [-0.3, -0.25) is 0 Å². The van der Waals surface area contributed by atoms with Gasteiger partial charge in [0.05, 0.1) is 23.8 Å². The van der Waals surface area contributed by atoms with Crippen LogP contribution in [0.15, 0.2) is 12.1 Å². The Morgan fingerprint density at radius 2 is 2.11 bits per heavy atom. The van der Waals surface area contributed by atoms with Crippen LogP contribution < -0.4 is 0 Å². The number of carbonyl (C=O) groups excluding carboxylic acids is 1. The summed E-state index contributed by atoms with van der Waals surface area (Å²) in [7, 11) is 1.07. The van der Waals surface area contributed by atoms with Crippen LogP contribution in [0.1, 0.15) is 15.9 Å². The fourth-order valence-electron chi connectivity index (χ4n) is 1.52. The lowest BCUT2D eigenvalue weighted by Crippen LogP contribution is -2.09. The summed E-state index contributed by atoms with van der Waals surface area (Å²) in [5.74, 6) is -0.908. The lowest BCUT2D eigenvalue weighted by Gasteiger charge is -2.08. The van der Waals surface area contributed by atoms with Gasteiger partial charge in [-0.25, -0.2) is 9.78 Å². The molecule has 0 radical (unpaired) electrons. The van der Waals surface area contributed by atoms with E-state index < -0.39 is 17.7 Å². The summed E-state index contributed by atoms with van der Waals surface area (Å²) >= 11 is 5.57. The average molecular weight is 279 g/mol. The second-order valence-corrected chi connectivity index (χ2v) is 3.79. The van der Waals surface area contributed by atoms with E-state index in [0.29, 0.717) is 6.07 Å². The Bertz CT molecular complexity index is 621. The number of ether oxygens (including phenoxy) is 1. The van der Waals surface area contributed by atoms with Crippen molar-refractivity contribution in [3.05, 3.63) is 28.5 Å². The number of nitrogens with zero attached hydrogens (tertiary/aromatic N) is 1. The van der Waals surface area contributed by atoms with Crippen LogP contribution in [0.3, 0.4) is 0 Å². The predicted molar refractivity (Wildman–Crippen MR) is 57.4 cm³/mol. The molecule has 1 aromatic carbocycles. The summed E-state index contributed by atoms with van der Waals surface area (Å²) in [5, 5.41) is -0.102. The molecule has 0 atom stereocenters. The lowest BCUT2D eigenvalue weighted by atomic mass is 10.1. The molecule has 0 aliphatic rings. The molecule has 8 heteroatoms. The van der Waals surface area contributed by atoms with Crippen LogP contribution in [0.4, 0.5) is 13.2 Å². The van der Waals surface area contributed by atoms with Crippen molar-refractivity contribution in [3.63, 3.8) is 0 Å². The van der Waals surface area contributed by atoms with Gasteiger partial charge in [0.25, 0.3) is 0 Å². The largest absolute Gasteiger partial charge is 0.465 e. The van der Waals surface area contributed by atoms with Gasteiger partial charge in [-0.2, -0.15) is 13.2 Å². The van der Waals surface area contributed by atoms with E-state index in [1.165, 1.54) is 0 Å². The van der Waals surface area contributed by atoms with Crippen LogP contribution in [-0.4, -0.2) is 23.0 Å². The summed E-state index contributed by atoms with van der Waals surface area (Å²) in [4.78, 5) is 17.6. The van der Waals surface area contributed by atoms with E-state index in [1.807, 2.05) is 0 Å². The smallest absolute Gasteiger partial charge is 0.416 e. The Kier molecular flexibility index (Phi) is 2.94. The number of imidazole rings is 1. The quantitative estimate of drug-likeness (QED) is 0.816. The first-order valence-corrected chi connectivity index (χ1v) is 5.05. The molecule has 0 unspecified atom stereocenters. The third-order valence-electron chi connectivity index (χ3n) is 2.29. The number of halogens is 4. The summed E-state index contributed by atoms with van der Waals surface area (Å²) in [6, 6.07) is 1.52. The molecule has 96 valence electrons. The molecule has 0 saturated carbocycles. The highest BCUT2D eigenvalue weighted by Crippen LogP contribution is 2.33. The van der Waals surface area contributed by atoms with Crippen molar-refractivity contribution in [2.45, 2.75) is 6.18 Å². The molecule has 1 heterocycles. The van der Waals surface area contributed by atoms with Gasteiger partial charge >= 0.3 is 12.1 Å². The van der Waals surface area contributed by atoms with Crippen LogP contribution in [0.2, 0.25) is 5.28 Å². The van der Waals surface area contributed by atoms with E-state index in [1.54, 1.807) is 0 Å². The Balaban J connectivity index is 2.76. The molecule has 4 nitrogen and oxygen atoms in total. The van der Waals surface area contributed by atoms with Gasteiger partial charge in [-0.15, -0.1) is 0 Å². The van der Waals surface area contributed by atoms with E-state index in [-0.39, 0.29) is 21.9 Å². The molecule has 0 aliphatic carbocycles. The monoisotopic (exact) mass is 278 g/mol. The fraction of sp³-hybridized carbons (Fsp3) is 0.200. The van der Waals surface area contributed by atoms with Crippen molar-refractivity contribution in [1.29, 1.82) is 0 Å². The van der Waals surface area contributed by atoms with Crippen LogP contribution in [0, 0.1) is 0 Å². The fourth-order valence-corrected chi connectivity index (χ4v) is 1.70. The minimum Gasteiger partial charge on any atom is -0.465 e. The van der Waals surface area contributed by atoms with Gasteiger partial charge in [0.1, 0.15) is 5.52 Å². The summed E-state index contributed by atoms with van der Waals surface area (Å²) in [6.45, 7) is 0. The predicted octanol–water partition coefficient (Wildman–Crippen LogP) is 3.02. The van der Waals surface area contributed by atoms with Crippen molar-refractivity contribution in [2.24, 2.45) is 0 Å². The third kappa shape index (κ3) is 2.13. The van der Waals surface area contributed by atoms with Gasteiger partial charge in [0.2, 0.25) is 5.28 Å². The van der Waals surface area contributed by atoms with Crippen molar-refractivity contribution >= 4 is 28.6 Å². The zero-order valence-corrected chi connectivity index (χ0v) is 9.69. The summed E-state index contributed by atoms with van der Waals surface area (Å²) in [5.41, 5.74) is -1.20. The zero-order chi connectivity index (χ0) is 13.5. The van der Waals surface area contributed by atoms with Crippen molar-refractivity contribution < 1.29 is 22.7 Å². The number of H-pyrrole nitrogens is 1. The maximum absolute atomic E-state index is 12.7. The molecule has 2 rings (SSSR count). The van der Waals surface area contributed by atoms with E-state index in [2.05, 4.69) is 14.7 Å². The molecule has 2 aromatic rings. The molecule has 0 spiro atoms. The second kappa shape index (κ2) is 4.16. The SMILES string of the molecule is COC(=O)c1cc(C(F)(F)F)cc2[nH]c(Cl)nc12. The normalized spacial score (nSPS) is 11.8. The number of aromatic amines is 1. The molecule has 18 heavy (non-hydrogen) atoms. The van der Waals surface area contributed by atoms with Crippen molar-refractivity contribution in [2.75, 3.05) is 7.11 Å². The minimum atomic E-state index is -4.57. The minimum absolute atomic E-state index is 0.0234. The second-order valence-electron chi connectivity index (χ2n) is 3.44. The van der Waals surface area contributed by atoms with Crippen molar-refractivity contribution in [1.82, 2.24) is 9.97 Å². The molecular weight excluding hydrogens is 273 g/mol. The first kappa shape index (κ1) is 12.7. The van der Waals surface area contributed by atoms with Crippen LogP contribution >= 0.6 is 11.6 Å². The Morgan fingerprint density at radius 3 is 2.67 bits per heavy atom. The van der Waals surface area contributed by atoms with Crippen LogP contribution in [-0.2, 0) is 10.9 Å². The molecule has 0 amide bonds. The topological polar surface area (TPSA) is 55.0 Å². The number of benzene rings is 1. The average Bonchev–Trinajstić information content (AvgIpc) is 2.65. The number of hydrogen-bond acceptors (Lipinski definition) is 3. The number of aromatic nitrogens is 2. The summed E-state index contributed by atoms with van der Waals surface area (Å²) in [6.07, 6.45) is -4.57. The molecule has 0 bridgehead atoms. The van der Waals surface area contributed by atoms with Gasteiger partial charge in [-0.1, -0.05) is 0 Å². The first-order chi connectivity index (χ1) is 8.32. The van der Waals surface area contributed by atoms with Gasteiger partial charge in [0.15, 0.2) is 0 Å². The van der Waals surface area contributed by atoms with Gasteiger partial charge in [0, 0.05) is 0 Å². The highest BCUT2D eigenvalue weighted by atomic mass is 35.5.